The maximum Gasteiger partial charge on any atom is 0.327 e. The molecule has 2 aliphatic rings. The summed E-state index contributed by atoms with van der Waals surface area (Å²) in [6.45, 7) is 0.825. The Morgan fingerprint density at radius 3 is 2.61 bits per heavy atom. The Kier molecular flexibility index (Phi) is 6.23. The van der Waals surface area contributed by atoms with Gasteiger partial charge in [-0.1, -0.05) is 35.9 Å². The number of hydrogen-bond acceptors (Lipinski definition) is 6. The summed E-state index contributed by atoms with van der Waals surface area (Å²) in [6.07, 6.45) is 0. The molecule has 1 saturated heterocycles. The van der Waals surface area contributed by atoms with Gasteiger partial charge in [0.25, 0.3) is 10.0 Å². The van der Waals surface area contributed by atoms with Gasteiger partial charge in [-0.25, -0.2) is 13.2 Å². The van der Waals surface area contributed by atoms with Crippen LogP contribution in [0.25, 0.3) is 10.9 Å². The third-order valence-corrected chi connectivity index (χ3v) is 8.44. The van der Waals surface area contributed by atoms with Gasteiger partial charge in [-0.05, 0) is 29.8 Å². The van der Waals surface area contributed by atoms with Crippen LogP contribution in [0.3, 0.4) is 0 Å². The number of H-pyrrole nitrogens is 1. The molecule has 0 bridgehead atoms. The first-order valence-corrected chi connectivity index (χ1v) is 13.1. The molecule has 1 fully saturated rings. The van der Waals surface area contributed by atoms with Gasteiger partial charge in [0, 0.05) is 48.2 Å². The maximum absolute atomic E-state index is 13.3. The highest BCUT2D eigenvalue weighted by atomic mass is 35.5. The molecular weight excluding hydrogens is 506 g/mol. The van der Waals surface area contributed by atoms with Gasteiger partial charge in [-0.15, -0.1) is 0 Å². The predicted molar refractivity (Wildman–Crippen MR) is 135 cm³/mol. The number of carboxylic acid groups (broad SMARTS) is 1. The maximum atomic E-state index is 13.3. The van der Waals surface area contributed by atoms with E-state index in [4.69, 9.17) is 11.6 Å². The number of halogens is 1. The van der Waals surface area contributed by atoms with E-state index in [-0.39, 0.29) is 18.1 Å². The SMILES string of the molecule is CN1CCN=C1c1ccc(CN2C(=O)CN(S(=O)(=O)c3cc4cc(Cl)ccc4[nH]3)C[C@@H]2C(=O)O)cc1. The summed E-state index contributed by atoms with van der Waals surface area (Å²) in [5, 5.41) is 10.8. The number of hydrogen-bond donors (Lipinski definition) is 2. The van der Waals surface area contributed by atoms with Crippen LogP contribution in [0.1, 0.15) is 11.1 Å². The molecule has 1 aromatic heterocycles. The first-order chi connectivity index (χ1) is 17.1. The fourth-order valence-electron chi connectivity index (χ4n) is 4.52. The van der Waals surface area contributed by atoms with Crippen LogP contribution in [0, 0.1) is 0 Å². The quantitative estimate of drug-likeness (QED) is 0.503. The van der Waals surface area contributed by atoms with Gasteiger partial charge in [0.15, 0.2) is 0 Å². The van der Waals surface area contributed by atoms with E-state index in [0.29, 0.717) is 15.9 Å². The normalized spacial score (nSPS) is 19.2. The van der Waals surface area contributed by atoms with Crippen molar-refractivity contribution < 1.29 is 23.1 Å². The number of carboxylic acids is 1. The van der Waals surface area contributed by atoms with Gasteiger partial charge in [0.2, 0.25) is 5.91 Å². The molecule has 10 nitrogen and oxygen atoms in total. The summed E-state index contributed by atoms with van der Waals surface area (Å²) >= 11 is 6.00. The number of sulfonamides is 1. The lowest BCUT2D eigenvalue weighted by Crippen LogP contribution is -2.60. The van der Waals surface area contributed by atoms with Crippen molar-refractivity contribution in [2.24, 2.45) is 4.99 Å². The van der Waals surface area contributed by atoms with E-state index >= 15 is 0 Å². The van der Waals surface area contributed by atoms with Crippen molar-refractivity contribution >= 4 is 50.2 Å². The number of aromatic nitrogens is 1. The fraction of sp³-hybridized carbons (Fsp3) is 0.292. The van der Waals surface area contributed by atoms with Gasteiger partial charge < -0.3 is 19.9 Å². The minimum absolute atomic E-state index is 0.0527. The Hall–Kier alpha value is -3.41. The Morgan fingerprint density at radius 2 is 1.94 bits per heavy atom. The number of aliphatic imine (C=N–C) groups is 1. The minimum atomic E-state index is -4.15. The molecule has 2 N–H and O–H groups in total. The van der Waals surface area contributed by atoms with Crippen LogP contribution in [0.4, 0.5) is 0 Å². The third-order valence-electron chi connectivity index (χ3n) is 6.47. The number of aromatic amines is 1. The standard InChI is InChI=1S/C24H24ClN5O5S/c1-28-9-8-26-23(28)16-4-2-15(3-5-16)12-30-20(24(32)33)13-29(14-22(30)31)36(34,35)21-11-17-10-18(25)6-7-19(17)27-21/h2-7,10-11,20,27H,8-9,12-14H2,1H3,(H,32,33)/t20-/m1/s1. The third kappa shape index (κ3) is 4.45. The van der Waals surface area contributed by atoms with E-state index in [9.17, 15) is 23.1 Å². The van der Waals surface area contributed by atoms with E-state index in [1.807, 2.05) is 31.3 Å². The number of amides is 1. The van der Waals surface area contributed by atoms with E-state index < -0.39 is 34.5 Å². The average molecular weight is 530 g/mol. The Labute approximate surface area is 212 Å². The van der Waals surface area contributed by atoms with Gasteiger partial charge in [-0.3, -0.25) is 9.79 Å². The molecule has 1 amide bonds. The number of fused-ring (bicyclic) bond motifs is 1. The molecular formula is C24H24ClN5O5S. The molecule has 5 rings (SSSR count). The minimum Gasteiger partial charge on any atom is -0.480 e. The first kappa shape index (κ1) is 24.3. The summed E-state index contributed by atoms with van der Waals surface area (Å²) in [6, 6.07) is 12.4. The van der Waals surface area contributed by atoms with Gasteiger partial charge in [-0.2, -0.15) is 4.31 Å². The molecule has 188 valence electrons. The largest absolute Gasteiger partial charge is 0.480 e. The van der Waals surface area contributed by atoms with Crippen LogP contribution < -0.4 is 0 Å². The summed E-state index contributed by atoms with van der Waals surface area (Å²) in [5.41, 5.74) is 2.25. The number of rotatable bonds is 6. The fourth-order valence-corrected chi connectivity index (χ4v) is 6.11. The number of carbonyl (C=O) groups excluding carboxylic acids is 1. The highest BCUT2D eigenvalue weighted by Crippen LogP contribution is 2.27. The van der Waals surface area contributed by atoms with Crippen molar-refractivity contribution in [1.29, 1.82) is 0 Å². The molecule has 0 spiro atoms. The lowest BCUT2D eigenvalue weighted by molar-refractivity contribution is -0.154. The van der Waals surface area contributed by atoms with Crippen LogP contribution in [-0.4, -0.2) is 89.6 Å². The number of likely N-dealkylation sites (N-methyl/N-ethyl adjacent to an activating group) is 1. The van der Waals surface area contributed by atoms with Crippen molar-refractivity contribution in [1.82, 2.24) is 19.1 Å². The molecule has 0 saturated carbocycles. The van der Waals surface area contributed by atoms with E-state index in [1.165, 1.54) is 11.0 Å². The molecule has 1 atom stereocenters. The Balaban J connectivity index is 1.36. The summed E-state index contributed by atoms with van der Waals surface area (Å²) in [7, 11) is -2.18. The average Bonchev–Trinajstić information content (AvgIpc) is 3.46. The van der Waals surface area contributed by atoms with Crippen molar-refractivity contribution in [2.75, 3.05) is 33.2 Å². The highest BCUT2D eigenvalue weighted by Gasteiger charge is 2.42. The van der Waals surface area contributed by atoms with Gasteiger partial charge in [0.1, 0.15) is 16.9 Å². The van der Waals surface area contributed by atoms with E-state index in [2.05, 4.69) is 14.9 Å². The molecule has 3 heterocycles. The van der Waals surface area contributed by atoms with Crippen LogP contribution in [0.15, 0.2) is 58.5 Å². The lowest BCUT2D eigenvalue weighted by atomic mass is 10.1. The second kappa shape index (κ2) is 9.23. The van der Waals surface area contributed by atoms with Crippen LogP contribution in [0.5, 0.6) is 0 Å². The van der Waals surface area contributed by atoms with Crippen LogP contribution in [0.2, 0.25) is 5.02 Å². The lowest BCUT2D eigenvalue weighted by Gasteiger charge is -2.38. The number of amidine groups is 1. The van der Waals surface area contributed by atoms with Crippen molar-refractivity contribution in [3.05, 3.63) is 64.7 Å². The number of carbonyl (C=O) groups is 2. The number of benzene rings is 2. The predicted octanol–water partition coefficient (Wildman–Crippen LogP) is 2.00. The van der Waals surface area contributed by atoms with Crippen LogP contribution in [-0.2, 0) is 26.2 Å². The van der Waals surface area contributed by atoms with Crippen LogP contribution >= 0.6 is 11.6 Å². The smallest absolute Gasteiger partial charge is 0.327 e. The molecule has 2 aromatic carbocycles. The zero-order valence-corrected chi connectivity index (χ0v) is 21.0. The Bertz CT molecular complexity index is 1480. The number of nitrogens with one attached hydrogen (secondary N) is 1. The van der Waals surface area contributed by atoms with E-state index in [0.717, 1.165) is 34.4 Å². The second-order valence-corrected chi connectivity index (χ2v) is 11.2. The zero-order chi connectivity index (χ0) is 25.6. The molecule has 12 heteroatoms. The van der Waals surface area contributed by atoms with Gasteiger partial charge >= 0.3 is 5.97 Å². The number of aliphatic carboxylic acids is 1. The second-order valence-electron chi connectivity index (χ2n) is 8.86. The summed E-state index contributed by atoms with van der Waals surface area (Å²) in [4.78, 5) is 35.7. The molecule has 3 aromatic rings. The summed E-state index contributed by atoms with van der Waals surface area (Å²) in [5.74, 6) is -0.968. The molecule has 0 radical (unpaired) electrons. The molecule has 36 heavy (non-hydrogen) atoms. The van der Waals surface area contributed by atoms with E-state index in [1.54, 1.807) is 18.2 Å². The molecule has 2 aliphatic heterocycles. The van der Waals surface area contributed by atoms with Crippen molar-refractivity contribution in [3.8, 4) is 0 Å². The Morgan fingerprint density at radius 1 is 1.19 bits per heavy atom. The van der Waals surface area contributed by atoms with Gasteiger partial charge in [0.05, 0.1) is 13.1 Å². The monoisotopic (exact) mass is 529 g/mol. The zero-order valence-electron chi connectivity index (χ0n) is 19.4. The molecule has 0 aliphatic carbocycles. The summed E-state index contributed by atoms with van der Waals surface area (Å²) < 4.78 is 27.5. The molecule has 0 unspecified atom stereocenters. The van der Waals surface area contributed by atoms with Crippen molar-refractivity contribution in [2.45, 2.75) is 17.6 Å². The number of piperazine rings is 1. The number of nitrogens with zero attached hydrogens (tertiary/aromatic N) is 4. The highest BCUT2D eigenvalue weighted by molar-refractivity contribution is 7.89. The first-order valence-electron chi connectivity index (χ1n) is 11.3. The van der Waals surface area contributed by atoms with Crippen molar-refractivity contribution in [3.63, 3.8) is 0 Å². The topological polar surface area (TPSA) is 126 Å².